The van der Waals surface area contributed by atoms with Crippen LogP contribution in [-0.4, -0.2) is 73.2 Å². The smallest absolute Gasteiger partial charge is 0.254 e. The van der Waals surface area contributed by atoms with Crippen molar-refractivity contribution in [3.8, 4) is 11.5 Å². The SMILES string of the molecule is COc1ccc(C(=O)N2CC(=O)N(CC(C)C)CC(O)C2)cc1OC. The first-order chi connectivity index (χ1) is 11.8. The molecular weight excluding hydrogens is 324 g/mol. The first kappa shape index (κ1) is 19.1. The maximum Gasteiger partial charge on any atom is 0.254 e. The number of benzene rings is 1. The third kappa shape index (κ3) is 4.63. The molecule has 1 heterocycles. The molecule has 138 valence electrons. The molecule has 0 saturated carbocycles. The van der Waals surface area contributed by atoms with Crippen LogP contribution in [-0.2, 0) is 4.79 Å². The van der Waals surface area contributed by atoms with Gasteiger partial charge in [-0.1, -0.05) is 13.8 Å². The van der Waals surface area contributed by atoms with Gasteiger partial charge in [-0.05, 0) is 24.1 Å². The number of carbonyl (C=O) groups excluding carboxylic acids is 2. The predicted molar refractivity (Wildman–Crippen MR) is 92.9 cm³/mol. The van der Waals surface area contributed by atoms with Crippen molar-refractivity contribution in [2.24, 2.45) is 5.92 Å². The quantitative estimate of drug-likeness (QED) is 0.857. The molecule has 1 aromatic carbocycles. The number of methoxy groups -OCH3 is 2. The highest BCUT2D eigenvalue weighted by molar-refractivity contribution is 5.97. The number of aliphatic hydroxyl groups excluding tert-OH is 1. The largest absolute Gasteiger partial charge is 0.493 e. The lowest BCUT2D eigenvalue weighted by Gasteiger charge is -2.23. The third-order valence-electron chi connectivity index (χ3n) is 4.04. The number of β-amino-alcohol motifs (C(OH)–C–C–N with tert-alkyl or cyclic N) is 1. The van der Waals surface area contributed by atoms with E-state index in [1.54, 1.807) is 23.1 Å². The van der Waals surface area contributed by atoms with Crippen molar-refractivity contribution >= 4 is 11.8 Å². The van der Waals surface area contributed by atoms with Crippen LogP contribution in [0.15, 0.2) is 18.2 Å². The van der Waals surface area contributed by atoms with Gasteiger partial charge >= 0.3 is 0 Å². The average Bonchev–Trinajstić information content (AvgIpc) is 2.71. The molecule has 2 rings (SSSR count). The summed E-state index contributed by atoms with van der Waals surface area (Å²) in [5.74, 6) is 0.786. The number of amides is 2. The molecule has 7 heteroatoms. The van der Waals surface area contributed by atoms with E-state index in [9.17, 15) is 14.7 Å². The monoisotopic (exact) mass is 350 g/mol. The summed E-state index contributed by atoms with van der Waals surface area (Å²) in [7, 11) is 3.02. The minimum atomic E-state index is -0.769. The van der Waals surface area contributed by atoms with Gasteiger partial charge in [-0.3, -0.25) is 9.59 Å². The fourth-order valence-corrected chi connectivity index (χ4v) is 2.92. The van der Waals surface area contributed by atoms with Crippen molar-refractivity contribution < 1.29 is 24.2 Å². The molecule has 0 aromatic heterocycles. The summed E-state index contributed by atoms with van der Waals surface area (Å²) in [6.45, 7) is 4.90. The lowest BCUT2D eigenvalue weighted by molar-refractivity contribution is -0.131. The van der Waals surface area contributed by atoms with Crippen LogP contribution in [0.3, 0.4) is 0 Å². The zero-order chi connectivity index (χ0) is 18.6. The Morgan fingerprint density at radius 2 is 1.92 bits per heavy atom. The molecule has 7 nitrogen and oxygen atoms in total. The topological polar surface area (TPSA) is 79.3 Å². The number of nitrogens with zero attached hydrogens (tertiary/aromatic N) is 2. The van der Waals surface area contributed by atoms with Gasteiger partial charge in [0.15, 0.2) is 11.5 Å². The highest BCUT2D eigenvalue weighted by Gasteiger charge is 2.30. The average molecular weight is 350 g/mol. The summed E-state index contributed by atoms with van der Waals surface area (Å²) >= 11 is 0. The molecule has 25 heavy (non-hydrogen) atoms. The molecule has 0 spiro atoms. The second kappa shape index (κ2) is 8.20. The second-order valence-corrected chi connectivity index (χ2v) is 6.60. The summed E-state index contributed by atoms with van der Waals surface area (Å²) in [6.07, 6.45) is -0.769. The second-order valence-electron chi connectivity index (χ2n) is 6.60. The molecule has 1 N–H and O–H groups in total. The molecule has 0 bridgehead atoms. The minimum absolute atomic E-state index is 0.0447. The van der Waals surface area contributed by atoms with Gasteiger partial charge in [-0.15, -0.1) is 0 Å². The Balaban J connectivity index is 2.20. The molecule has 1 atom stereocenters. The number of aliphatic hydroxyl groups is 1. The van der Waals surface area contributed by atoms with Crippen molar-refractivity contribution in [1.82, 2.24) is 9.80 Å². The van der Waals surface area contributed by atoms with Crippen LogP contribution in [0.4, 0.5) is 0 Å². The fourth-order valence-electron chi connectivity index (χ4n) is 2.92. The van der Waals surface area contributed by atoms with Gasteiger partial charge in [0.2, 0.25) is 5.91 Å². The number of carbonyl (C=O) groups is 2. The molecule has 1 aliphatic rings. The molecule has 2 amide bonds. The summed E-state index contributed by atoms with van der Waals surface area (Å²) in [4.78, 5) is 28.2. The van der Waals surface area contributed by atoms with Crippen molar-refractivity contribution in [3.63, 3.8) is 0 Å². The zero-order valence-corrected chi connectivity index (χ0v) is 15.2. The Bertz CT molecular complexity index is 632. The van der Waals surface area contributed by atoms with Crippen LogP contribution in [0, 0.1) is 5.92 Å². The van der Waals surface area contributed by atoms with Gasteiger partial charge in [0.25, 0.3) is 5.91 Å². The van der Waals surface area contributed by atoms with Gasteiger partial charge in [0.05, 0.1) is 20.3 Å². The molecule has 1 aromatic rings. The van der Waals surface area contributed by atoms with E-state index in [-0.39, 0.29) is 31.4 Å². The van der Waals surface area contributed by atoms with Crippen LogP contribution >= 0.6 is 0 Å². The van der Waals surface area contributed by atoms with E-state index in [1.165, 1.54) is 19.1 Å². The van der Waals surface area contributed by atoms with Gasteiger partial charge in [-0.25, -0.2) is 0 Å². The summed E-state index contributed by atoms with van der Waals surface area (Å²) < 4.78 is 10.4. The van der Waals surface area contributed by atoms with E-state index < -0.39 is 6.10 Å². The Labute approximate surface area is 148 Å². The lowest BCUT2D eigenvalue weighted by atomic mass is 10.1. The molecule has 1 fully saturated rings. The van der Waals surface area contributed by atoms with Crippen LogP contribution in [0.2, 0.25) is 0 Å². The van der Waals surface area contributed by atoms with Crippen LogP contribution < -0.4 is 9.47 Å². The summed E-state index contributed by atoms with van der Waals surface area (Å²) in [6, 6.07) is 4.85. The van der Waals surface area contributed by atoms with E-state index in [0.717, 1.165) is 0 Å². The third-order valence-corrected chi connectivity index (χ3v) is 4.04. The van der Waals surface area contributed by atoms with Crippen LogP contribution in [0.5, 0.6) is 11.5 Å². The van der Waals surface area contributed by atoms with Crippen molar-refractivity contribution in [1.29, 1.82) is 0 Å². The first-order valence-corrected chi connectivity index (χ1v) is 8.32. The van der Waals surface area contributed by atoms with Crippen LogP contribution in [0.1, 0.15) is 24.2 Å². The number of hydrogen-bond acceptors (Lipinski definition) is 5. The summed E-state index contributed by atoms with van der Waals surface area (Å²) in [5, 5.41) is 10.2. The molecule has 1 saturated heterocycles. The molecular formula is C18H26N2O5. The maximum atomic E-state index is 12.8. The van der Waals surface area contributed by atoms with Crippen molar-refractivity contribution in [3.05, 3.63) is 23.8 Å². The Morgan fingerprint density at radius 3 is 2.52 bits per heavy atom. The molecule has 1 aliphatic heterocycles. The van der Waals surface area contributed by atoms with E-state index in [4.69, 9.17) is 9.47 Å². The van der Waals surface area contributed by atoms with Gasteiger partial charge in [0, 0.05) is 25.2 Å². The van der Waals surface area contributed by atoms with Gasteiger partial charge < -0.3 is 24.4 Å². The molecule has 1 unspecified atom stereocenters. The fraction of sp³-hybridized carbons (Fsp3) is 0.556. The molecule has 0 radical (unpaired) electrons. The normalized spacial score (nSPS) is 18.3. The van der Waals surface area contributed by atoms with Gasteiger partial charge in [0.1, 0.15) is 6.54 Å². The van der Waals surface area contributed by atoms with E-state index in [2.05, 4.69) is 0 Å². The standard InChI is InChI=1S/C18H26N2O5/c1-12(2)8-19-9-14(21)10-20(11-17(19)22)18(23)13-5-6-15(24-3)16(7-13)25-4/h5-7,12,14,21H,8-11H2,1-4H3. The number of rotatable bonds is 5. The highest BCUT2D eigenvalue weighted by atomic mass is 16.5. The lowest BCUT2D eigenvalue weighted by Crippen LogP contribution is -2.40. The number of ether oxygens (including phenoxy) is 2. The number of hydrogen-bond donors (Lipinski definition) is 1. The van der Waals surface area contributed by atoms with E-state index in [1.807, 2.05) is 13.8 Å². The molecule has 0 aliphatic carbocycles. The highest BCUT2D eigenvalue weighted by Crippen LogP contribution is 2.28. The minimum Gasteiger partial charge on any atom is -0.493 e. The van der Waals surface area contributed by atoms with Crippen LogP contribution in [0.25, 0.3) is 0 Å². The zero-order valence-electron chi connectivity index (χ0n) is 15.2. The first-order valence-electron chi connectivity index (χ1n) is 8.32. The summed E-state index contributed by atoms with van der Waals surface area (Å²) in [5.41, 5.74) is 0.384. The Hall–Kier alpha value is -2.28. The van der Waals surface area contributed by atoms with Crippen molar-refractivity contribution in [2.45, 2.75) is 20.0 Å². The Kier molecular flexibility index (Phi) is 6.25. The maximum absolute atomic E-state index is 12.8. The van der Waals surface area contributed by atoms with E-state index >= 15 is 0 Å². The van der Waals surface area contributed by atoms with Crippen molar-refractivity contribution in [2.75, 3.05) is 40.4 Å². The Morgan fingerprint density at radius 1 is 1.24 bits per heavy atom. The van der Waals surface area contributed by atoms with E-state index in [0.29, 0.717) is 29.5 Å². The predicted octanol–water partition coefficient (Wildman–Crippen LogP) is 1.01. The van der Waals surface area contributed by atoms with Gasteiger partial charge in [-0.2, -0.15) is 0 Å².